The Morgan fingerprint density at radius 3 is 2.33 bits per heavy atom. The van der Waals surface area contributed by atoms with Gasteiger partial charge in [-0.1, -0.05) is 0 Å². The van der Waals surface area contributed by atoms with Crippen molar-refractivity contribution < 1.29 is 18.3 Å². The topological polar surface area (TPSA) is 44.0 Å². The van der Waals surface area contributed by atoms with Gasteiger partial charge < -0.3 is 5.11 Å². The van der Waals surface area contributed by atoms with Crippen LogP contribution in [0.5, 0.6) is 0 Å². The second-order valence-electron chi connectivity index (χ2n) is 2.56. The van der Waals surface area contributed by atoms with Crippen molar-refractivity contribution >= 4 is 0 Å². The van der Waals surface area contributed by atoms with Gasteiger partial charge in [0.05, 0.1) is 6.07 Å². The van der Waals surface area contributed by atoms with Crippen LogP contribution in [0.1, 0.15) is 19.3 Å². The van der Waals surface area contributed by atoms with E-state index in [0.29, 0.717) is 0 Å². The molecule has 2 nitrogen and oxygen atoms in total. The van der Waals surface area contributed by atoms with E-state index in [1.165, 1.54) is 0 Å². The maximum Gasteiger partial charge on any atom is 0.389 e. The first-order valence-electron chi connectivity index (χ1n) is 3.54. The van der Waals surface area contributed by atoms with Crippen LogP contribution in [-0.4, -0.2) is 17.9 Å². The third-order valence-corrected chi connectivity index (χ3v) is 1.44. The number of aliphatic hydroxyl groups excluding tert-OH is 1. The van der Waals surface area contributed by atoms with Gasteiger partial charge in [0, 0.05) is 19.4 Å². The van der Waals surface area contributed by atoms with Gasteiger partial charge in [0.2, 0.25) is 0 Å². The first-order chi connectivity index (χ1) is 5.49. The Labute approximate surface area is 68.6 Å². The molecule has 0 aliphatic carbocycles. The summed E-state index contributed by atoms with van der Waals surface area (Å²) in [6, 6.07) is 1.74. The molecule has 0 rings (SSSR count). The Kier molecular flexibility index (Phi) is 4.67. The van der Waals surface area contributed by atoms with E-state index in [9.17, 15) is 13.2 Å². The average Bonchev–Trinajstić information content (AvgIpc) is 1.95. The van der Waals surface area contributed by atoms with E-state index >= 15 is 0 Å². The van der Waals surface area contributed by atoms with Gasteiger partial charge >= 0.3 is 6.18 Å². The molecule has 0 aliphatic rings. The lowest BCUT2D eigenvalue weighted by molar-refractivity contribution is -0.147. The highest BCUT2D eigenvalue weighted by Gasteiger charge is 2.31. The predicted octanol–water partition coefficient (Wildman–Crippen LogP) is 1.85. The number of alkyl halides is 3. The molecule has 1 unspecified atom stereocenters. The van der Waals surface area contributed by atoms with Crippen LogP contribution < -0.4 is 0 Å². The van der Waals surface area contributed by atoms with Gasteiger partial charge in [-0.15, -0.1) is 0 Å². The standard InChI is InChI=1S/C7H10F3NO/c8-7(9,10)4-6(5-12)2-1-3-11/h6,12H,1-2,4-5H2. The molecule has 0 saturated heterocycles. The Bertz CT molecular complexity index is 161. The van der Waals surface area contributed by atoms with E-state index in [4.69, 9.17) is 10.4 Å². The monoisotopic (exact) mass is 181 g/mol. The number of hydrogen-bond donors (Lipinski definition) is 1. The Hall–Kier alpha value is -0.760. The summed E-state index contributed by atoms with van der Waals surface area (Å²) in [6.45, 7) is -0.513. The quantitative estimate of drug-likeness (QED) is 0.719. The van der Waals surface area contributed by atoms with Crippen LogP contribution in [0.25, 0.3) is 0 Å². The number of rotatable bonds is 4. The first-order valence-corrected chi connectivity index (χ1v) is 3.54. The molecule has 1 N–H and O–H groups in total. The number of aliphatic hydroxyl groups is 1. The lowest BCUT2D eigenvalue weighted by Crippen LogP contribution is -2.17. The molecular formula is C7H10F3NO. The van der Waals surface area contributed by atoms with Gasteiger partial charge in [-0.2, -0.15) is 18.4 Å². The molecule has 0 spiro atoms. The van der Waals surface area contributed by atoms with Gasteiger partial charge in [0.15, 0.2) is 0 Å². The van der Waals surface area contributed by atoms with Crippen molar-refractivity contribution in [2.45, 2.75) is 25.4 Å². The van der Waals surface area contributed by atoms with Gasteiger partial charge in [0.1, 0.15) is 0 Å². The minimum Gasteiger partial charge on any atom is -0.396 e. The van der Waals surface area contributed by atoms with E-state index in [1.807, 2.05) is 0 Å². The van der Waals surface area contributed by atoms with Crippen molar-refractivity contribution in [1.29, 1.82) is 5.26 Å². The van der Waals surface area contributed by atoms with Crippen LogP contribution in [0.15, 0.2) is 0 Å². The van der Waals surface area contributed by atoms with E-state index in [-0.39, 0.29) is 12.8 Å². The summed E-state index contributed by atoms with van der Waals surface area (Å²) in [4.78, 5) is 0. The Morgan fingerprint density at radius 2 is 2.00 bits per heavy atom. The minimum absolute atomic E-state index is 0.0569. The van der Waals surface area contributed by atoms with Gasteiger partial charge in [-0.05, 0) is 12.3 Å². The third kappa shape index (κ3) is 5.98. The van der Waals surface area contributed by atoms with Crippen molar-refractivity contribution in [2.75, 3.05) is 6.61 Å². The summed E-state index contributed by atoms with van der Waals surface area (Å²) in [6.07, 6.45) is -5.10. The number of nitrogens with zero attached hydrogens (tertiary/aromatic N) is 1. The van der Waals surface area contributed by atoms with Crippen molar-refractivity contribution in [1.82, 2.24) is 0 Å². The molecule has 0 heterocycles. The lowest BCUT2D eigenvalue weighted by Gasteiger charge is -2.14. The normalized spacial score (nSPS) is 13.9. The summed E-state index contributed by atoms with van der Waals surface area (Å²) in [5.41, 5.74) is 0. The molecule has 1 atom stereocenters. The van der Waals surface area contributed by atoms with Crippen LogP contribution in [0.4, 0.5) is 13.2 Å². The highest BCUT2D eigenvalue weighted by atomic mass is 19.4. The van der Waals surface area contributed by atoms with Crippen LogP contribution in [-0.2, 0) is 0 Å². The second-order valence-corrected chi connectivity index (χ2v) is 2.56. The average molecular weight is 181 g/mol. The molecule has 0 aliphatic heterocycles. The maximum absolute atomic E-state index is 11.7. The van der Waals surface area contributed by atoms with E-state index < -0.39 is 25.1 Å². The number of hydrogen-bond acceptors (Lipinski definition) is 2. The summed E-state index contributed by atoms with van der Waals surface area (Å²) < 4.78 is 35.2. The Morgan fingerprint density at radius 1 is 1.42 bits per heavy atom. The van der Waals surface area contributed by atoms with Crippen LogP contribution in [0, 0.1) is 17.2 Å². The third-order valence-electron chi connectivity index (χ3n) is 1.44. The van der Waals surface area contributed by atoms with Gasteiger partial charge in [-0.25, -0.2) is 0 Å². The zero-order chi connectivity index (χ0) is 9.61. The molecule has 0 saturated carbocycles. The molecule has 12 heavy (non-hydrogen) atoms. The van der Waals surface area contributed by atoms with Crippen molar-refractivity contribution in [3.63, 3.8) is 0 Å². The first kappa shape index (κ1) is 11.2. The zero-order valence-corrected chi connectivity index (χ0v) is 6.43. The summed E-state index contributed by atoms with van der Waals surface area (Å²) in [5, 5.41) is 16.6. The highest BCUT2D eigenvalue weighted by molar-refractivity contribution is 4.73. The van der Waals surface area contributed by atoms with Gasteiger partial charge in [0.25, 0.3) is 0 Å². The molecule has 0 fully saturated rings. The summed E-state index contributed by atoms with van der Waals surface area (Å²) >= 11 is 0. The van der Waals surface area contributed by atoms with Crippen molar-refractivity contribution in [3.8, 4) is 6.07 Å². The number of halogens is 3. The van der Waals surface area contributed by atoms with E-state index in [1.54, 1.807) is 6.07 Å². The fourth-order valence-corrected chi connectivity index (χ4v) is 0.854. The minimum atomic E-state index is -4.25. The predicted molar refractivity (Wildman–Crippen MR) is 36.1 cm³/mol. The van der Waals surface area contributed by atoms with Crippen LogP contribution >= 0.6 is 0 Å². The van der Waals surface area contributed by atoms with Crippen LogP contribution in [0.3, 0.4) is 0 Å². The molecule has 70 valence electrons. The molecule has 0 bridgehead atoms. The largest absolute Gasteiger partial charge is 0.396 e. The second kappa shape index (κ2) is 4.99. The summed E-state index contributed by atoms with van der Waals surface area (Å²) in [7, 11) is 0. The molecule has 0 aromatic carbocycles. The van der Waals surface area contributed by atoms with Gasteiger partial charge in [-0.3, -0.25) is 0 Å². The van der Waals surface area contributed by atoms with Crippen molar-refractivity contribution in [2.24, 2.45) is 5.92 Å². The fraction of sp³-hybridized carbons (Fsp3) is 0.857. The molecule has 0 amide bonds. The summed E-state index contributed by atoms with van der Waals surface area (Å²) in [5.74, 6) is -0.829. The Balaban J connectivity index is 3.77. The molecular weight excluding hydrogens is 171 g/mol. The molecule has 5 heteroatoms. The highest BCUT2D eigenvalue weighted by Crippen LogP contribution is 2.26. The van der Waals surface area contributed by atoms with E-state index in [2.05, 4.69) is 0 Å². The van der Waals surface area contributed by atoms with Crippen molar-refractivity contribution in [3.05, 3.63) is 0 Å². The molecule has 0 aromatic rings. The number of nitriles is 1. The molecule has 0 aromatic heterocycles. The van der Waals surface area contributed by atoms with Crippen LogP contribution in [0.2, 0.25) is 0 Å². The van der Waals surface area contributed by atoms with E-state index in [0.717, 1.165) is 0 Å². The molecule has 0 radical (unpaired) electrons. The zero-order valence-electron chi connectivity index (χ0n) is 6.43. The smallest absolute Gasteiger partial charge is 0.389 e. The fourth-order valence-electron chi connectivity index (χ4n) is 0.854. The lowest BCUT2D eigenvalue weighted by atomic mass is 10.0. The SMILES string of the molecule is N#CCCC(CO)CC(F)(F)F. The maximum atomic E-state index is 11.7.